The summed E-state index contributed by atoms with van der Waals surface area (Å²) < 4.78 is 5.37. The Labute approximate surface area is 111 Å². The maximum absolute atomic E-state index is 5.37. The Morgan fingerprint density at radius 2 is 2.11 bits per heavy atom. The summed E-state index contributed by atoms with van der Waals surface area (Å²) in [7, 11) is 0. The van der Waals surface area contributed by atoms with Crippen LogP contribution in [0, 0.1) is 0 Å². The molecule has 102 valence electrons. The fraction of sp³-hybridized carbons (Fsp3) is 0.733. The van der Waals surface area contributed by atoms with Gasteiger partial charge in [0.2, 0.25) is 0 Å². The van der Waals surface area contributed by atoms with Gasteiger partial charge in [0.05, 0.1) is 6.26 Å². The van der Waals surface area contributed by atoms with Crippen molar-refractivity contribution in [3.05, 3.63) is 24.2 Å². The second kappa shape index (κ2) is 6.39. The third kappa shape index (κ3) is 3.59. The fourth-order valence-electron chi connectivity index (χ4n) is 2.81. The summed E-state index contributed by atoms with van der Waals surface area (Å²) in [6.07, 6.45) is 7.86. The van der Waals surface area contributed by atoms with E-state index in [1.165, 1.54) is 19.3 Å². The molecule has 0 amide bonds. The van der Waals surface area contributed by atoms with E-state index < -0.39 is 0 Å². The maximum atomic E-state index is 5.37. The largest absolute Gasteiger partial charge is 0.469 e. The zero-order valence-corrected chi connectivity index (χ0v) is 11.9. The van der Waals surface area contributed by atoms with Crippen LogP contribution >= 0.6 is 0 Å². The summed E-state index contributed by atoms with van der Waals surface area (Å²) in [5.74, 6) is 1.09. The molecular formula is C15H26N2O. The Hall–Kier alpha value is -0.800. The van der Waals surface area contributed by atoms with Crippen LogP contribution in [0.5, 0.6) is 0 Å². The van der Waals surface area contributed by atoms with E-state index in [1.807, 2.05) is 6.07 Å². The predicted octanol–water partition coefficient (Wildman–Crippen LogP) is 3.37. The van der Waals surface area contributed by atoms with Gasteiger partial charge < -0.3 is 4.42 Å². The van der Waals surface area contributed by atoms with Crippen molar-refractivity contribution in [2.45, 2.75) is 71.0 Å². The van der Waals surface area contributed by atoms with E-state index in [-0.39, 0.29) is 0 Å². The molecule has 1 N–H and O–H groups in total. The number of hydrogen-bond acceptors (Lipinski definition) is 3. The highest BCUT2D eigenvalue weighted by atomic mass is 16.3. The Balaban J connectivity index is 1.77. The van der Waals surface area contributed by atoms with Gasteiger partial charge in [0.25, 0.3) is 0 Å². The first-order valence-corrected chi connectivity index (χ1v) is 7.23. The molecule has 3 unspecified atom stereocenters. The van der Waals surface area contributed by atoms with Crippen molar-refractivity contribution in [3.8, 4) is 0 Å². The summed E-state index contributed by atoms with van der Waals surface area (Å²) in [6.45, 7) is 6.90. The van der Waals surface area contributed by atoms with Gasteiger partial charge >= 0.3 is 0 Å². The monoisotopic (exact) mass is 250 g/mol. The highest BCUT2D eigenvalue weighted by Gasteiger charge is 2.25. The second-order valence-corrected chi connectivity index (χ2v) is 5.68. The molecule has 3 heteroatoms. The maximum Gasteiger partial charge on any atom is 0.103 e. The van der Waals surface area contributed by atoms with Crippen LogP contribution in [0.1, 0.15) is 52.2 Å². The Bertz CT molecular complexity index is 326. The van der Waals surface area contributed by atoms with E-state index in [1.54, 1.807) is 6.26 Å². The molecule has 1 aromatic heterocycles. The first-order valence-electron chi connectivity index (χ1n) is 7.23. The topological polar surface area (TPSA) is 28.4 Å². The minimum Gasteiger partial charge on any atom is -0.469 e. The van der Waals surface area contributed by atoms with Gasteiger partial charge in [-0.05, 0) is 52.2 Å². The standard InChI is InChI=1S/C15H26N2O/c1-12(9-10-15-8-5-11-18-15)16-17-13(2)6-4-7-14(17)3/h5,8,11-14,16H,4,6-7,9-10H2,1-3H3. The number of hydrazine groups is 1. The molecule has 0 saturated carbocycles. The Morgan fingerprint density at radius 3 is 2.72 bits per heavy atom. The highest BCUT2D eigenvalue weighted by Crippen LogP contribution is 2.21. The average Bonchev–Trinajstić information content (AvgIpc) is 2.84. The molecule has 1 fully saturated rings. The molecule has 3 nitrogen and oxygen atoms in total. The summed E-state index contributed by atoms with van der Waals surface area (Å²) in [5, 5.41) is 2.45. The molecule has 0 radical (unpaired) electrons. The van der Waals surface area contributed by atoms with Crippen molar-refractivity contribution < 1.29 is 4.42 Å². The van der Waals surface area contributed by atoms with Crippen LogP contribution in [-0.2, 0) is 6.42 Å². The van der Waals surface area contributed by atoms with Crippen LogP contribution < -0.4 is 5.43 Å². The molecule has 0 aliphatic carbocycles. The molecule has 1 saturated heterocycles. The van der Waals surface area contributed by atoms with Gasteiger partial charge in [0, 0.05) is 24.5 Å². The van der Waals surface area contributed by atoms with Crippen LogP contribution in [-0.4, -0.2) is 23.1 Å². The van der Waals surface area contributed by atoms with Crippen molar-refractivity contribution in [2.75, 3.05) is 0 Å². The molecule has 0 spiro atoms. The molecule has 3 atom stereocenters. The summed E-state index contributed by atoms with van der Waals surface area (Å²) in [4.78, 5) is 0. The molecule has 1 aliphatic rings. The van der Waals surface area contributed by atoms with Crippen molar-refractivity contribution in [2.24, 2.45) is 0 Å². The van der Waals surface area contributed by atoms with Crippen LogP contribution in [0.25, 0.3) is 0 Å². The second-order valence-electron chi connectivity index (χ2n) is 5.68. The number of piperidine rings is 1. The van der Waals surface area contributed by atoms with Gasteiger partial charge in [-0.2, -0.15) is 0 Å². The number of rotatable bonds is 5. The number of nitrogens with zero attached hydrogens (tertiary/aromatic N) is 1. The smallest absolute Gasteiger partial charge is 0.103 e. The van der Waals surface area contributed by atoms with Crippen molar-refractivity contribution in [1.29, 1.82) is 0 Å². The van der Waals surface area contributed by atoms with Crippen LogP contribution in [0.4, 0.5) is 0 Å². The average molecular weight is 250 g/mol. The van der Waals surface area contributed by atoms with Crippen LogP contribution in [0.2, 0.25) is 0 Å². The van der Waals surface area contributed by atoms with E-state index >= 15 is 0 Å². The SMILES string of the molecule is CC(CCc1ccco1)NN1C(C)CCCC1C. The molecule has 0 aromatic carbocycles. The Morgan fingerprint density at radius 1 is 1.39 bits per heavy atom. The Kier molecular flexibility index (Phi) is 4.84. The van der Waals surface area contributed by atoms with Crippen LogP contribution in [0.15, 0.2) is 22.8 Å². The van der Waals surface area contributed by atoms with E-state index in [0.717, 1.165) is 18.6 Å². The van der Waals surface area contributed by atoms with Gasteiger partial charge in [-0.25, -0.2) is 5.01 Å². The van der Waals surface area contributed by atoms with Crippen molar-refractivity contribution in [3.63, 3.8) is 0 Å². The molecule has 18 heavy (non-hydrogen) atoms. The van der Waals surface area contributed by atoms with Crippen molar-refractivity contribution >= 4 is 0 Å². The number of nitrogens with one attached hydrogen (secondary N) is 1. The summed E-state index contributed by atoms with van der Waals surface area (Å²) in [5.41, 5.74) is 3.67. The quantitative estimate of drug-likeness (QED) is 0.868. The lowest BCUT2D eigenvalue weighted by Crippen LogP contribution is -2.54. The van der Waals surface area contributed by atoms with Gasteiger partial charge in [-0.3, -0.25) is 5.43 Å². The summed E-state index contributed by atoms with van der Waals surface area (Å²) >= 11 is 0. The van der Waals surface area contributed by atoms with Gasteiger partial charge in [-0.1, -0.05) is 6.42 Å². The lowest BCUT2D eigenvalue weighted by molar-refractivity contribution is 0.0308. The third-order valence-electron chi connectivity index (χ3n) is 3.97. The number of aryl methyl sites for hydroxylation is 1. The highest BCUT2D eigenvalue weighted by molar-refractivity contribution is 4.98. The number of furan rings is 1. The normalized spacial score (nSPS) is 27.3. The predicted molar refractivity (Wildman–Crippen MR) is 74.2 cm³/mol. The van der Waals surface area contributed by atoms with Gasteiger partial charge in [-0.15, -0.1) is 0 Å². The van der Waals surface area contributed by atoms with E-state index in [9.17, 15) is 0 Å². The number of hydrogen-bond donors (Lipinski definition) is 1. The first-order chi connectivity index (χ1) is 8.66. The molecular weight excluding hydrogens is 224 g/mol. The molecule has 0 bridgehead atoms. The molecule has 2 heterocycles. The van der Waals surface area contributed by atoms with Gasteiger partial charge in [0.1, 0.15) is 5.76 Å². The van der Waals surface area contributed by atoms with Crippen molar-refractivity contribution in [1.82, 2.24) is 10.4 Å². The van der Waals surface area contributed by atoms with E-state index in [4.69, 9.17) is 4.42 Å². The van der Waals surface area contributed by atoms with E-state index in [0.29, 0.717) is 18.1 Å². The minimum absolute atomic E-state index is 0.498. The summed E-state index contributed by atoms with van der Waals surface area (Å²) in [6, 6.07) is 5.82. The zero-order valence-electron chi connectivity index (χ0n) is 11.9. The zero-order chi connectivity index (χ0) is 13.0. The third-order valence-corrected chi connectivity index (χ3v) is 3.97. The lowest BCUT2D eigenvalue weighted by atomic mass is 9.99. The van der Waals surface area contributed by atoms with Gasteiger partial charge in [0.15, 0.2) is 0 Å². The van der Waals surface area contributed by atoms with E-state index in [2.05, 4.69) is 37.3 Å². The first kappa shape index (κ1) is 13.6. The molecule has 2 rings (SSSR count). The fourth-order valence-corrected chi connectivity index (χ4v) is 2.81. The lowest BCUT2D eigenvalue weighted by Gasteiger charge is -2.40. The minimum atomic E-state index is 0.498. The molecule has 1 aliphatic heterocycles. The molecule has 1 aromatic rings. The van der Waals surface area contributed by atoms with Crippen LogP contribution in [0.3, 0.4) is 0 Å².